The number of benzene rings is 3. The van der Waals surface area contributed by atoms with E-state index in [1.807, 2.05) is 60.7 Å². The van der Waals surface area contributed by atoms with E-state index in [1.54, 1.807) is 0 Å². The van der Waals surface area contributed by atoms with Gasteiger partial charge in [-0.05, 0) is 105 Å². The lowest BCUT2D eigenvalue weighted by Crippen LogP contribution is -2.14. The van der Waals surface area contributed by atoms with Gasteiger partial charge in [-0.25, -0.2) is 4.99 Å². The van der Waals surface area contributed by atoms with E-state index in [-0.39, 0.29) is 0 Å². The van der Waals surface area contributed by atoms with E-state index >= 15 is 0 Å². The van der Waals surface area contributed by atoms with Gasteiger partial charge in [0.05, 0.1) is 32.9 Å². The molecule has 9 heteroatoms. The van der Waals surface area contributed by atoms with Crippen molar-refractivity contribution < 1.29 is 0 Å². The Morgan fingerprint density at radius 3 is 1.82 bits per heavy atom. The highest BCUT2D eigenvalue weighted by Crippen LogP contribution is 2.24. The van der Waals surface area contributed by atoms with E-state index in [1.165, 1.54) is 37.5 Å². The predicted molar refractivity (Wildman–Crippen MR) is 180 cm³/mol. The van der Waals surface area contributed by atoms with Gasteiger partial charge in [0, 0.05) is 10.5 Å². The molecule has 0 heterocycles. The Morgan fingerprint density at radius 1 is 0.658 bits per heavy atom. The molecule has 3 aromatic carbocycles. The molecule has 0 radical (unpaired) electrons. The first kappa shape index (κ1) is 33.4. The van der Waals surface area contributed by atoms with E-state index in [0.717, 1.165) is 16.8 Å². The molecule has 0 amide bonds. The lowest BCUT2D eigenvalue weighted by molar-refractivity contribution is 0.445. The van der Waals surface area contributed by atoms with Gasteiger partial charge in [-0.1, -0.05) is 73.9 Å². The van der Waals surface area contributed by atoms with Crippen molar-refractivity contribution in [2.24, 2.45) is 19.6 Å². The number of aliphatic imine (C=N–C) groups is 3. The fraction of sp³-hybridized carbons (Fsp3) is 0.310. The van der Waals surface area contributed by atoms with Gasteiger partial charge in [0.25, 0.3) is 0 Å². The summed E-state index contributed by atoms with van der Waals surface area (Å²) in [5.74, 6) is 0. The van der Waals surface area contributed by atoms with Crippen molar-refractivity contribution in [2.45, 2.75) is 57.8 Å². The van der Waals surface area contributed by atoms with Gasteiger partial charge >= 0.3 is 0 Å². The van der Waals surface area contributed by atoms with Crippen molar-refractivity contribution in [3.8, 4) is 0 Å². The van der Waals surface area contributed by atoms with E-state index < -0.39 is 8.24 Å². The SMILES string of the molecule is C[Si](C)(C)N=C=S.S=C=NC1CCCCC1.S=C=Nc1cccc2ccccc12.S=C=Nc1ccccc1. The second-order valence-electron chi connectivity index (χ2n) is 9.13. The van der Waals surface area contributed by atoms with Crippen LogP contribution < -0.4 is 0 Å². The van der Waals surface area contributed by atoms with Crippen LogP contribution in [0.1, 0.15) is 32.1 Å². The molecule has 0 aliphatic heterocycles. The molecule has 1 aliphatic carbocycles. The van der Waals surface area contributed by atoms with Crippen LogP contribution in [0.25, 0.3) is 10.8 Å². The van der Waals surface area contributed by atoms with E-state index in [0.29, 0.717) is 6.04 Å². The van der Waals surface area contributed by atoms with Crippen molar-refractivity contribution in [3.05, 3.63) is 72.8 Å². The molecule has 1 aliphatic rings. The maximum absolute atomic E-state index is 4.58. The number of hydrogen-bond acceptors (Lipinski definition) is 8. The van der Waals surface area contributed by atoms with Gasteiger partial charge in [0.15, 0.2) is 8.24 Å². The lowest BCUT2D eigenvalue weighted by atomic mass is 9.96. The van der Waals surface area contributed by atoms with Crippen molar-refractivity contribution in [3.63, 3.8) is 0 Å². The summed E-state index contributed by atoms with van der Waals surface area (Å²) in [7, 11) is -1.25. The Morgan fingerprint density at radius 2 is 1.26 bits per heavy atom. The highest BCUT2D eigenvalue weighted by Gasteiger charge is 2.10. The first-order valence-corrected chi connectivity index (χ1v) is 17.3. The summed E-state index contributed by atoms with van der Waals surface area (Å²) in [5, 5.41) is 11.8. The van der Waals surface area contributed by atoms with Crippen LogP contribution in [-0.2, 0) is 0 Å². The molecule has 1 saturated carbocycles. The maximum atomic E-state index is 4.58. The minimum absolute atomic E-state index is 0.510. The molecule has 196 valence electrons. The van der Waals surface area contributed by atoms with Crippen LogP contribution in [0.2, 0.25) is 19.6 Å². The summed E-state index contributed by atoms with van der Waals surface area (Å²) < 4.78 is 3.96. The Balaban J connectivity index is 0.000000261. The second-order valence-corrected chi connectivity index (χ2v) is 14.4. The summed E-state index contributed by atoms with van der Waals surface area (Å²) in [5.41, 5.74) is 1.74. The molecule has 0 aromatic heterocycles. The van der Waals surface area contributed by atoms with E-state index in [9.17, 15) is 0 Å². The van der Waals surface area contributed by atoms with Gasteiger partial charge in [0.1, 0.15) is 0 Å². The van der Waals surface area contributed by atoms with Crippen LogP contribution in [0.15, 0.2) is 92.4 Å². The molecule has 0 bridgehead atoms. The Kier molecular flexibility index (Phi) is 17.8. The third-order valence-electron chi connectivity index (χ3n) is 5.05. The van der Waals surface area contributed by atoms with Crippen molar-refractivity contribution in [1.29, 1.82) is 0 Å². The molecule has 38 heavy (non-hydrogen) atoms. The maximum Gasteiger partial charge on any atom is 0.185 e. The van der Waals surface area contributed by atoms with Crippen LogP contribution in [-0.4, -0.2) is 34.9 Å². The Bertz CT molecular complexity index is 1300. The Labute approximate surface area is 248 Å². The number of fused-ring (bicyclic) bond motifs is 1. The molecule has 0 atom stereocenters. The number of thiocarbonyl (C=S) groups is 4. The third-order valence-corrected chi connectivity index (χ3v) is 6.38. The van der Waals surface area contributed by atoms with Crippen LogP contribution in [0.3, 0.4) is 0 Å². The molecular weight excluding hydrogens is 561 g/mol. The molecule has 0 spiro atoms. The number of isothiocyanates is 4. The minimum Gasteiger partial charge on any atom is -0.274 e. The largest absolute Gasteiger partial charge is 0.274 e. The highest BCUT2D eigenvalue weighted by atomic mass is 32.1. The van der Waals surface area contributed by atoms with Crippen LogP contribution >= 0.6 is 48.9 Å². The second kappa shape index (κ2) is 20.3. The van der Waals surface area contributed by atoms with Crippen molar-refractivity contribution in [2.75, 3.05) is 0 Å². The lowest BCUT2D eigenvalue weighted by Gasteiger charge is -2.15. The summed E-state index contributed by atoms with van der Waals surface area (Å²) in [6, 6.07) is 24.0. The number of nitrogens with zero attached hydrogens (tertiary/aromatic N) is 4. The normalized spacial score (nSPS) is 12.0. The van der Waals surface area contributed by atoms with Crippen molar-refractivity contribution in [1.82, 2.24) is 0 Å². The van der Waals surface area contributed by atoms with Crippen LogP contribution in [0.5, 0.6) is 0 Å². The van der Waals surface area contributed by atoms with E-state index in [2.05, 4.69) is 121 Å². The van der Waals surface area contributed by atoms with Gasteiger partial charge < -0.3 is 0 Å². The molecular formula is C29H32N4S4Si. The number of para-hydroxylation sites is 1. The fourth-order valence-corrected chi connectivity index (χ4v) is 4.78. The Hall–Kier alpha value is -2.66. The average molecular weight is 593 g/mol. The molecule has 4 rings (SSSR count). The van der Waals surface area contributed by atoms with E-state index in [4.69, 9.17) is 0 Å². The molecule has 0 N–H and O–H groups in total. The molecule has 0 unspecified atom stereocenters. The predicted octanol–water partition coefficient (Wildman–Crippen LogP) is 10.3. The zero-order valence-electron chi connectivity index (χ0n) is 22.0. The zero-order valence-corrected chi connectivity index (χ0v) is 26.2. The topological polar surface area (TPSA) is 49.4 Å². The average Bonchev–Trinajstić information content (AvgIpc) is 2.91. The zero-order chi connectivity index (χ0) is 28.1. The summed E-state index contributed by atoms with van der Waals surface area (Å²) in [4.78, 5) is 11.8. The highest BCUT2D eigenvalue weighted by molar-refractivity contribution is 7.78. The summed E-state index contributed by atoms with van der Waals surface area (Å²) in [6.45, 7) is 6.35. The smallest absolute Gasteiger partial charge is 0.185 e. The van der Waals surface area contributed by atoms with Crippen LogP contribution in [0.4, 0.5) is 11.4 Å². The minimum atomic E-state index is -1.25. The van der Waals surface area contributed by atoms with Gasteiger partial charge in [0.2, 0.25) is 0 Å². The number of hydrogen-bond donors (Lipinski definition) is 0. The third kappa shape index (κ3) is 15.6. The summed E-state index contributed by atoms with van der Waals surface area (Å²) in [6.07, 6.45) is 6.48. The molecule has 1 fully saturated rings. The number of rotatable bonds is 4. The molecule has 4 nitrogen and oxygen atoms in total. The van der Waals surface area contributed by atoms with Gasteiger partial charge in [-0.15, -0.1) is 0 Å². The first-order valence-electron chi connectivity index (χ1n) is 12.2. The quantitative estimate of drug-likeness (QED) is 0.172. The van der Waals surface area contributed by atoms with Crippen LogP contribution in [0, 0.1) is 0 Å². The van der Waals surface area contributed by atoms with Gasteiger partial charge in [-0.2, -0.15) is 9.98 Å². The first-order chi connectivity index (χ1) is 18.3. The van der Waals surface area contributed by atoms with Crippen molar-refractivity contribution >= 4 is 99.9 Å². The van der Waals surface area contributed by atoms with Gasteiger partial charge in [-0.3, -0.25) is 4.66 Å². The molecule has 3 aromatic rings. The standard InChI is InChI=1S/C11H7NS.C7H11NS.C7H5NS.C4H9NSSi/c13-8-12-11-7-3-5-9-4-1-2-6-10(9)11;2*9-6-8-7-4-2-1-3-5-7;1-7(2,3)5-4-6/h1-7H;7H,1-5H2;1-5H;1-3H3. The molecule has 0 saturated heterocycles. The monoisotopic (exact) mass is 592 g/mol. The fourth-order valence-electron chi connectivity index (χ4n) is 3.33. The summed E-state index contributed by atoms with van der Waals surface area (Å²) >= 11 is 17.9.